The molecule has 0 radical (unpaired) electrons. The minimum Gasteiger partial charge on any atom is -0.493 e. The van der Waals surface area contributed by atoms with E-state index < -0.39 is 0 Å². The fourth-order valence-electron chi connectivity index (χ4n) is 2.14. The Balaban J connectivity index is 1.83. The number of para-hydroxylation sites is 1. The Bertz CT molecular complexity index is 593. The molecule has 0 saturated carbocycles. The van der Waals surface area contributed by atoms with Crippen molar-refractivity contribution < 1.29 is 9.53 Å². The van der Waals surface area contributed by atoms with Crippen LogP contribution in [0.15, 0.2) is 30.5 Å². The first-order chi connectivity index (χ1) is 10.2. The van der Waals surface area contributed by atoms with Crippen LogP contribution in [0, 0.1) is 6.92 Å². The molecule has 1 aromatic carbocycles. The molecule has 2 rings (SSSR count). The number of carbonyl (C=O) groups is 1. The summed E-state index contributed by atoms with van der Waals surface area (Å²) in [5.41, 5.74) is 2.86. The van der Waals surface area contributed by atoms with Crippen molar-refractivity contribution in [2.24, 2.45) is 0 Å². The monoisotopic (exact) mass is 287 g/mol. The molecule has 1 heterocycles. The van der Waals surface area contributed by atoms with Crippen LogP contribution in [0.3, 0.4) is 0 Å². The molecule has 1 amide bonds. The first kappa shape index (κ1) is 15.1. The summed E-state index contributed by atoms with van der Waals surface area (Å²) >= 11 is 0. The van der Waals surface area contributed by atoms with Gasteiger partial charge in [0.05, 0.1) is 18.4 Å². The third-order valence-electron chi connectivity index (χ3n) is 3.27. The average Bonchev–Trinajstić information content (AvgIpc) is 2.90. The zero-order valence-electron chi connectivity index (χ0n) is 12.5. The highest BCUT2D eigenvalue weighted by Crippen LogP contribution is 2.17. The second-order valence-corrected chi connectivity index (χ2v) is 4.81. The van der Waals surface area contributed by atoms with E-state index in [0.29, 0.717) is 24.5 Å². The van der Waals surface area contributed by atoms with E-state index in [-0.39, 0.29) is 5.91 Å². The first-order valence-electron chi connectivity index (χ1n) is 7.21. The van der Waals surface area contributed by atoms with Crippen LogP contribution in [0.25, 0.3) is 0 Å². The molecular formula is C16H21N3O2. The van der Waals surface area contributed by atoms with E-state index in [0.717, 1.165) is 18.5 Å². The smallest absolute Gasteiger partial charge is 0.255 e. The lowest BCUT2D eigenvalue weighted by atomic mass is 10.1. The number of aryl methyl sites for hydroxylation is 2. The number of benzene rings is 1. The number of hydrogen-bond acceptors (Lipinski definition) is 3. The largest absolute Gasteiger partial charge is 0.493 e. The average molecular weight is 287 g/mol. The molecule has 0 aliphatic heterocycles. The van der Waals surface area contributed by atoms with Gasteiger partial charge in [0, 0.05) is 12.2 Å². The summed E-state index contributed by atoms with van der Waals surface area (Å²) in [6.45, 7) is 5.08. The predicted octanol–water partition coefficient (Wildman–Crippen LogP) is 2.48. The molecule has 1 aromatic heterocycles. The predicted molar refractivity (Wildman–Crippen MR) is 81.6 cm³/mol. The van der Waals surface area contributed by atoms with Gasteiger partial charge in [0.2, 0.25) is 0 Å². The van der Waals surface area contributed by atoms with Crippen LogP contribution >= 0.6 is 0 Å². The van der Waals surface area contributed by atoms with E-state index in [2.05, 4.69) is 15.5 Å². The topological polar surface area (TPSA) is 67.0 Å². The highest BCUT2D eigenvalue weighted by Gasteiger charge is 2.11. The molecule has 5 nitrogen and oxygen atoms in total. The van der Waals surface area contributed by atoms with Gasteiger partial charge in [-0.25, -0.2) is 0 Å². The second kappa shape index (κ2) is 7.47. The fraction of sp³-hybridized carbons (Fsp3) is 0.375. The van der Waals surface area contributed by atoms with Crippen LogP contribution in [0.5, 0.6) is 5.75 Å². The highest BCUT2D eigenvalue weighted by molar-refractivity contribution is 5.96. The summed E-state index contributed by atoms with van der Waals surface area (Å²) in [4.78, 5) is 12.2. The van der Waals surface area contributed by atoms with E-state index >= 15 is 0 Å². The molecule has 0 unspecified atom stereocenters. The molecule has 0 bridgehead atoms. The number of aromatic amines is 1. The minimum atomic E-state index is -0.0945. The Morgan fingerprint density at radius 3 is 2.90 bits per heavy atom. The van der Waals surface area contributed by atoms with Gasteiger partial charge in [-0.05, 0) is 44.4 Å². The standard InChI is InChI=1S/C16H21N3O2/c1-3-21-15-9-5-4-8-14(15)16(20)17-10-6-7-13-11-18-19-12(13)2/h4-5,8-9,11H,3,6-7,10H2,1-2H3,(H,17,20)(H,18,19). The molecule has 0 aliphatic carbocycles. The number of amides is 1. The maximum absolute atomic E-state index is 12.2. The number of nitrogens with one attached hydrogen (secondary N) is 2. The van der Waals surface area contributed by atoms with Crippen LogP contribution in [-0.2, 0) is 6.42 Å². The molecule has 0 spiro atoms. The number of aromatic nitrogens is 2. The SMILES string of the molecule is CCOc1ccccc1C(=O)NCCCc1cn[nH]c1C. The van der Waals surface area contributed by atoms with Crippen molar-refractivity contribution in [2.75, 3.05) is 13.2 Å². The summed E-state index contributed by atoms with van der Waals surface area (Å²) in [7, 11) is 0. The normalized spacial score (nSPS) is 10.4. The van der Waals surface area contributed by atoms with Gasteiger partial charge >= 0.3 is 0 Å². The van der Waals surface area contributed by atoms with Crippen molar-refractivity contribution in [1.29, 1.82) is 0 Å². The molecule has 112 valence electrons. The van der Waals surface area contributed by atoms with Gasteiger partial charge in [0.15, 0.2) is 0 Å². The van der Waals surface area contributed by atoms with Crippen molar-refractivity contribution in [3.05, 3.63) is 47.3 Å². The summed E-state index contributed by atoms with van der Waals surface area (Å²) in [6, 6.07) is 7.30. The summed E-state index contributed by atoms with van der Waals surface area (Å²) < 4.78 is 5.47. The molecular weight excluding hydrogens is 266 g/mol. The van der Waals surface area contributed by atoms with Crippen LogP contribution in [-0.4, -0.2) is 29.3 Å². The maximum atomic E-state index is 12.2. The summed E-state index contributed by atoms with van der Waals surface area (Å²) in [6.07, 6.45) is 3.61. The van der Waals surface area contributed by atoms with Crippen LogP contribution in [0.4, 0.5) is 0 Å². The fourth-order valence-corrected chi connectivity index (χ4v) is 2.14. The number of hydrogen-bond donors (Lipinski definition) is 2. The molecule has 0 fully saturated rings. The van der Waals surface area contributed by atoms with Crippen LogP contribution in [0.1, 0.15) is 35.0 Å². The van der Waals surface area contributed by atoms with E-state index in [4.69, 9.17) is 4.74 Å². The Morgan fingerprint density at radius 2 is 2.19 bits per heavy atom. The zero-order valence-corrected chi connectivity index (χ0v) is 12.5. The molecule has 0 atom stereocenters. The quantitative estimate of drug-likeness (QED) is 0.769. The van der Waals surface area contributed by atoms with Crippen LogP contribution in [0.2, 0.25) is 0 Å². The van der Waals surface area contributed by atoms with Gasteiger partial charge < -0.3 is 10.1 Å². The maximum Gasteiger partial charge on any atom is 0.255 e. The molecule has 0 saturated heterocycles. The Morgan fingerprint density at radius 1 is 1.38 bits per heavy atom. The number of H-pyrrole nitrogens is 1. The molecule has 5 heteroatoms. The number of carbonyl (C=O) groups excluding carboxylic acids is 1. The van der Waals surface area contributed by atoms with Crippen molar-refractivity contribution in [3.63, 3.8) is 0 Å². The van der Waals surface area contributed by atoms with Crippen molar-refractivity contribution in [2.45, 2.75) is 26.7 Å². The van der Waals surface area contributed by atoms with Gasteiger partial charge in [-0.1, -0.05) is 12.1 Å². The summed E-state index contributed by atoms with van der Waals surface area (Å²) in [5, 5.41) is 9.83. The van der Waals surface area contributed by atoms with E-state index in [1.165, 1.54) is 5.56 Å². The number of nitrogens with zero attached hydrogens (tertiary/aromatic N) is 1. The van der Waals surface area contributed by atoms with E-state index in [9.17, 15) is 4.79 Å². The first-order valence-corrected chi connectivity index (χ1v) is 7.21. The summed E-state index contributed by atoms with van der Waals surface area (Å²) in [5.74, 6) is 0.533. The third-order valence-corrected chi connectivity index (χ3v) is 3.27. The third kappa shape index (κ3) is 4.08. The van der Waals surface area contributed by atoms with Gasteiger partial charge in [-0.3, -0.25) is 9.89 Å². The molecule has 0 aliphatic rings. The highest BCUT2D eigenvalue weighted by atomic mass is 16.5. The van der Waals surface area contributed by atoms with Crippen molar-refractivity contribution >= 4 is 5.91 Å². The van der Waals surface area contributed by atoms with Gasteiger partial charge in [0.1, 0.15) is 5.75 Å². The van der Waals surface area contributed by atoms with E-state index in [1.54, 1.807) is 6.07 Å². The minimum absolute atomic E-state index is 0.0945. The molecule has 21 heavy (non-hydrogen) atoms. The number of rotatable bonds is 7. The van der Waals surface area contributed by atoms with Gasteiger partial charge in [-0.2, -0.15) is 5.10 Å². The Labute approximate surface area is 124 Å². The lowest BCUT2D eigenvalue weighted by molar-refractivity contribution is 0.0949. The van der Waals surface area contributed by atoms with Gasteiger partial charge in [-0.15, -0.1) is 0 Å². The lowest BCUT2D eigenvalue weighted by Crippen LogP contribution is -2.25. The van der Waals surface area contributed by atoms with Crippen molar-refractivity contribution in [1.82, 2.24) is 15.5 Å². The van der Waals surface area contributed by atoms with E-state index in [1.807, 2.05) is 38.2 Å². The second-order valence-electron chi connectivity index (χ2n) is 4.81. The zero-order chi connectivity index (χ0) is 15.1. The van der Waals surface area contributed by atoms with Crippen molar-refractivity contribution in [3.8, 4) is 5.75 Å². The Kier molecular flexibility index (Phi) is 5.37. The van der Waals surface area contributed by atoms with Gasteiger partial charge in [0.25, 0.3) is 5.91 Å². The molecule has 2 aromatic rings. The van der Waals surface area contributed by atoms with Crippen LogP contribution < -0.4 is 10.1 Å². The lowest BCUT2D eigenvalue weighted by Gasteiger charge is -2.10. The number of ether oxygens (including phenoxy) is 1. The Hall–Kier alpha value is -2.30. The molecule has 2 N–H and O–H groups in total.